The van der Waals surface area contributed by atoms with Gasteiger partial charge in [0.05, 0.1) is 0 Å². The van der Waals surface area contributed by atoms with Crippen molar-refractivity contribution < 1.29 is 4.79 Å². The van der Waals surface area contributed by atoms with Gasteiger partial charge in [0.1, 0.15) is 0 Å². The van der Waals surface area contributed by atoms with Crippen LogP contribution in [0.1, 0.15) is 129 Å². The zero-order valence-electron chi connectivity index (χ0n) is 18.5. The highest BCUT2D eigenvalue weighted by molar-refractivity contribution is 5.50. The second-order valence-corrected chi connectivity index (χ2v) is 8.04. The Morgan fingerprint density at radius 3 is 1.81 bits per heavy atom. The molecule has 0 heterocycles. The van der Waals surface area contributed by atoms with Crippen molar-refractivity contribution in [2.24, 2.45) is 5.92 Å². The van der Waals surface area contributed by atoms with Crippen molar-refractivity contribution in [2.75, 3.05) is 0 Å². The van der Waals surface area contributed by atoms with E-state index >= 15 is 0 Å². The van der Waals surface area contributed by atoms with E-state index in [1.54, 1.807) is 0 Å². The summed E-state index contributed by atoms with van der Waals surface area (Å²) in [6.45, 7) is 4.66. The molecule has 1 atom stereocenters. The molecule has 1 nitrogen and oxygen atoms in total. The molecule has 0 saturated heterocycles. The van der Waals surface area contributed by atoms with Gasteiger partial charge in [-0.1, -0.05) is 109 Å². The van der Waals surface area contributed by atoms with Crippen LogP contribution in [0.3, 0.4) is 0 Å². The number of carbonyl (C=O) groups excluding carboxylic acids is 1. The molecule has 0 aromatic carbocycles. The maximum absolute atomic E-state index is 10.1. The zero-order valence-corrected chi connectivity index (χ0v) is 18.5. The molecule has 0 aliphatic rings. The first-order valence-electron chi connectivity index (χ1n) is 12.0. The fourth-order valence-corrected chi connectivity index (χ4v) is 3.60. The lowest BCUT2D eigenvalue weighted by Gasteiger charge is -2.14. The lowest BCUT2D eigenvalue weighted by molar-refractivity contribution is 0.398. The molecule has 0 spiro atoms. The van der Waals surface area contributed by atoms with Gasteiger partial charge < -0.3 is 0 Å². The molecule has 0 N–H and O–H groups in total. The molecule has 0 bridgehead atoms. The number of allylic oxidation sites excluding steroid dienone is 4. The van der Waals surface area contributed by atoms with E-state index in [1.165, 1.54) is 96.3 Å². The highest BCUT2D eigenvalue weighted by Crippen LogP contribution is 2.20. The number of unbranched alkanes of at least 4 members (excludes halogenated alkanes) is 11. The molecule has 0 aromatic heterocycles. The van der Waals surface area contributed by atoms with Crippen molar-refractivity contribution in [3.8, 4) is 0 Å². The van der Waals surface area contributed by atoms with E-state index in [1.807, 2.05) is 6.29 Å². The van der Waals surface area contributed by atoms with Crippen LogP contribution in [0.15, 0.2) is 24.3 Å². The summed E-state index contributed by atoms with van der Waals surface area (Å²) < 4.78 is 0. The molecule has 1 heteroatoms. The van der Waals surface area contributed by atoms with Crippen LogP contribution in [-0.4, -0.2) is 6.29 Å². The second kappa shape index (κ2) is 23.2. The van der Waals surface area contributed by atoms with Crippen molar-refractivity contribution in [2.45, 2.75) is 129 Å². The predicted octanol–water partition coefficient (Wildman–Crippen LogP) is 8.89. The fourth-order valence-electron chi connectivity index (χ4n) is 3.60. The maximum Gasteiger partial charge on any atom is 0.198 e. The molecule has 27 heavy (non-hydrogen) atoms. The lowest BCUT2D eigenvalue weighted by atomic mass is 9.92. The smallest absolute Gasteiger partial charge is 0.198 e. The van der Waals surface area contributed by atoms with E-state index < -0.39 is 0 Å². The Morgan fingerprint density at radius 1 is 0.667 bits per heavy atom. The summed E-state index contributed by atoms with van der Waals surface area (Å²) >= 11 is 0. The average Bonchev–Trinajstić information content (AvgIpc) is 2.69. The van der Waals surface area contributed by atoms with Gasteiger partial charge in [-0.15, -0.1) is 0 Å². The number of hydrogen-bond acceptors (Lipinski definition) is 1. The van der Waals surface area contributed by atoms with Gasteiger partial charge in [0.25, 0.3) is 0 Å². The standard InChI is InChI=1S/C26H47O/c1-3-5-20-23-26(4-2)24-21-18-16-14-12-10-8-6-7-9-11-13-15-17-19-22-25-27/h6-7,10,12,26H,3-5,8-9,11,13-24H2,1-2H3/b7-6-,12-10-. The summed E-state index contributed by atoms with van der Waals surface area (Å²) in [7, 11) is 0. The predicted molar refractivity (Wildman–Crippen MR) is 122 cm³/mol. The third-order valence-electron chi connectivity index (χ3n) is 5.53. The van der Waals surface area contributed by atoms with E-state index in [0.717, 1.165) is 18.8 Å². The maximum atomic E-state index is 10.1. The monoisotopic (exact) mass is 375 g/mol. The second-order valence-electron chi connectivity index (χ2n) is 8.04. The van der Waals surface area contributed by atoms with Crippen molar-refractivity contribution in [1.29, 1.82) is 0 Å². The minimum Gasteiger partial charge on any atom is -0.291 e. The summed E-state index contributed by atoms with van der Waals surface area (Å²) in [5, 5.41) is 0. The molecule has 0 saturated carbocycles. The van der Waals surface area contributed by atoms with E-state index in [2.05, 4.69) is 38.2 Å². The molecule has 1 radical (unpaired) electrons. The van der Waals surface area contributed by atoms with Crippen molar-refractivity contribution >= 4 is 6.29 Å². The van der Waals surface area contributed by atoms with Crippen LogP contribution in [0.2, 0.25) is 0 Å². The summed E-state index contributed by atoms with van der Waals surface area (Å²) in [6, 6.07) is 0. The van der Waals surface area contributed by atoms with Crippen LogP contribution in [0.4, 0.5) is 0 Å². The highest BCUT2D eigenvalue weighted by Gasteiger charge is 2.05. The largest absolute Gasteiger partial charge is 0.291 e. The van der Waals surface area contributed by atoms with Crippen LogP contribution in [0.5, 0.6) is 0 Å². The molecule has 0 rings (SSSR count). The molecular weight excluding hydrogens is 328 g/mol. The molecule has 0 aliphatic heterocycles. The topological polar surface area (TPSA) is 17.1 Å². The first-order chi connectivity index (χ1) is 13.3. The van der Waals surface area contributed by atoms with Crippen LogP contribution >= 0.6 is 0 Å². The Bertz CT molecular complexity index is 342. The number of hydrogen-bond donors (Lipinski definition) is 0. The highest BCUT2D eigenvalue weighted by atomic mass is 16.1. The Hall–Kier alpha value is -0.850. The van der Waals surface area contributed by atoms with Crippen LogP contribution in [0.25, 0.3) is 0 Å². The van der Waals surface area contributed by atoms with Crippen molar-refractivity contribution in [1.82, 2.24) is 0 Å². The minimum absolute atomic E-state index is 0.616. The van der Waals surface area contributed by atoms with Gasteiger partial charge >= 0.3 is 0 Å². The molecule has 0 aromatic rings. The summed E-state index contributed by atoms with van der Waals surface area (Å²) in [5.74, 6) is 0.979. The van der Waals surface area contributed by atoms with Crippen LogP contribution in [-0.2, 0) is 4.79 Å². The fraction of sp³-hybridized carbons (Fsp3) is 0.808. The van der Waals surface area contributed by atoms with Crippen LogP contribution in [0, 0.1) is 5.92 Å². The Labute approximate surface area is 171 Å². The first kappa shape index (κ1) is 26.1. The van der Waals surface area contributed by atoms with E-state index in [-0.39, 0.29) is 0 Å². The number of rotatable bonds is 21. The van der Waals surface area contributed by atoms with Gasteiger partial charge in [0.15, 0.2) is 6.29 Å². The van der Waals surface area contributed by atoms with Gasteiger partial charge in [0, 0.05) is 6.42 Å². The molecule has 0 amide bonds. The van der Waals surface area contributed by atoms with E-state index in [0.29, 0.717) is 6.42 Å². The molecule has 0 fully saturated rings. The normalized spacial score (nSPS) is 13.0. The minimum atomic E-state index is 0.616. The van der Waals surface area contributed by atoms with Crippen LogP contribution < -0.4 is 0 Å². The first-order valence-corrected chi connectivity index (χ1v) is 12.0. The van der Waals surface area contributed by atoms with E-state index in [4.69, 9.17) is 0 Å². The summed E-state index contributed by atoms with van der Waals surface area (Å²) in [5.41, 5.74) is 0. The molecule has 1 unspecified atom stereocenters. The van der Waals surface area contributed by atoms with Crippen molar-refractivity contribution in [3.63, 3.8) is 0 Å². The third kappa shape index (κ3) is 21.3. The van der Waals surface area contributed by atoms with E-state index in [9.17, 15) is 4.79 Å². The average molecular weight is 376 g/mol. The SMILES string of the molecule is CCCCCC(CC)CCCCC/C=C\C/C=C\CCCCCCC[C]=O. The van der Waals surface area contributed by atoms with Gasteiger partial charge in [0.2, 0.25) is 0 Å². The lowest BCUT2D eigenvalue weighted by Crippen LogP contribution is -1.98. The van der Waals surface area contributed by atoms with Gasteiger partial charge in [-0.3, -0.25) is 4.79 Å². The summed E-state index contributed by atoms with van der Waals surface area (Å²) in [4.78, 5) is 10.1. The summed E-state index contributed by atoms with van der Waals surface area (Å²) in [6.07, 6.45) is 34.1. The molecule has 157 valence electrons. The third-order valence-corrected chi connectivity index (χ3v) is 5.53. The van der Waals surface area contributed by atoms with Gasteiger partial charge in [-0.05, 0) is 44.4 Å². The van der Waals surface area contributed by atoms with Crippen molar-refractivity contribution in [3.05, 3.63) is 24.3 Å². The van der Waals surface area contributed by atoms with Gasteiger partial charge in [-0.25, -0.2) is 0 Å². The van der Waals surface area contributed by atoms with Gasteiger partial charge in [-0.2, -0.15) is 0 Å². The Morgan fingerprint density at radius 2 is 1.22 bits per heavy atom. The zero-order chi connectivity index (χ0) is 19.8. The Balaban J connectivity index is 3.35. The quantitative estimate of drug-likeness (QED) is 0.144. The molecule has 0 aliphatic carbocycles. The molecular formula is C26H47O. The Kier molecular flexibility index (Phi) is 22.5.